The number of anilines is 2. The van der Waals surface area contributed by atoms with Gasteiger partial charge in [0.05, 0.1) is 16.6 Å². The highest BCUT2D eigenvalue weighted by Crippen LogP contribution is 2.34. The number of hydrogen-bond acceptors (Lipinski definition) is 8. The molecule has 3 aromatic rings. The number of rotatable bonds is 6. The first-order valence-electron chi connectivity index (χ1n) is 10.9. The van der Waals surface area contributed by atoms with E-state index in [1.165, 1.54) is 19.3 Å². The zero-order chi connectivity index (χ0) is 24.8. The van der Waals surface area contributed by atoms with Crippen LogP contribution in [0.15, 0.2) is 30.6 Å². The lowest BCUT2D eigenvalue weighted by atomic mass is 9.93. The largest absolute Gasteiger partial charge is 0.468 e. The van der Waals surface area contributed by atoms with E-state index in [9.17, 15) is 13.6 Å². The average molecular weight is 472 g/mol. The van der Waals surface area contributed by atoms with Crippen LogP contribution in [-0.4, -0.2) is 39.1 Å². The summed E-state index contributed by atoms with van der Waals surface area (Å²) in [5.74, 6) is 0.619. The van der Waals surface area contributed by atoms with Crippen LogP contribution in [-0.2, 0) is 16.7 Å². The standard InChI is InChI=1S/C24H27F2N5O3/c1-12(20(25)26)33-21-15-10-28-19(8-14(15)16(11-29-21)24(4,5)27)31-18-7-6-13-17(30-18)9-23(2,3)34-22(13)32/h6-8,10-12,20H,9,27H2,1-5H3,(H,28,30,31)/t12-/m0/s1. The summed E-state index contributed by atoms with van der Waals surface area (Å²) in [4.78, 5) is 25.4. The van der Waals surface area contributed by atoms with Crippen molar-refractivity contribution in [2.75, 3.05) is 5.32 Å². The number of fused-ring (bicyclic) bond motifs is 2. The summed E-state index contributed by atoms with van der Waals surface area (Å²) >= 11 is 0. The number of alkyl halides is 2. The average Bonchev–Trinajstić information content (AvgIpc) is 2.71. The molecule has 0 bridgehead atoms. The van der Waals surface area contributed by atoms with Gasteiger partial charge < -0.3 is 20.5 Å². The quantitative estimate of drug-likeness (QED) is 0.506. The fourth-order valence-electron chi connectivity index (χ4n) is 3.78. The van der Waals surface area contributed by atoms with E-state index < -0.39 is 29.6 Å². The van der Waals surface area contributed by atoms with Crippen molar-refractivity contribution in [3.05, 3.63) is 47.4 Å². The van der Waals surface area contributed by atoms with Crippen molar-refractivity contribution in [2.24, 2.45) is 5.73 Å². The summed E-state index contributed by atoms with van der Waals surface area (Å²) in [5, 5.41) is 4.28. The maximum Gasteiger partial charge on any atom is 0.340 e. The highest BCUT2D eigenvalue weighted by Gasteiger charge is 2.33. The van der Waals surface area contributed by atoms with Gasteiger partial charge in [-0.25, -0.2) is 28.5 Å². The van der Waals surface area contributed by atoms with Crippen molar-refractivity contribution >= 4 is 28.4 Å². The van der Waals surface area contributed by atoms with Crippen molar-refractivity contribution < 1.29 is 23.0 Å². The Hall–Kier alpha value is -3.40. The summed E-state index contributed by atoms with van der Waals surface area (Å²) in [7, 11) is 0. The second-order valence-electron chi connectivity index (χ2n) is 9.61. The molecule has 0 fully saturated rings. The zero-order valence-corrected chi connectivity index (χ0v) is 19.6. The van der Waals surface area contributed by atoms with E-state index in [-0.39, 0.29) is 5.88 Å². The minimum absolute atomic E-state index is 0.0579. The van der Waals surface area contributed by atoms with Crippen molar-refractivity contribution in [1.29, 1.82) is 0 Å². The SMILES string of the molecule is C[C@H](Oc1ncc(C(C)(C)N)c2cc(Nc3ccc4c(n3)CC(C)(C)OC4=O)ncc12)C(F)F. The molecule has 34 heavy (non-hydrogen) atoms. The van der Waals surface area contributed by atoms with Gasteiger partial charge in [0, 0.05) is 24.4 Å². The van der Waals surface area contributed by atoms with Gasteiger partial charge in [0.15, 0.2) is 6.10 Å². The molecule has 1 aliphatic rings. The minimum atomic E-state index is -2.66. The summed E-state index contributed by atoms with van der Waals surface area (Å²) in [5.41, 5.74) is 6.72. The number of esters is 1. The number of nitrogens with one attached hydrogen (secondary N) is 1. The minimum Gasteiger partial charge on any atom is -0.468 e. The molecule has 0 radical (unpaired) electrons. The Morgan fingerprint density at radius 3 is 2.59 bits per heavy atom. The third kappa shape index (κ3) is 4.77. The number of nitrogens with zero attached hydrogens (tertiary/aromatic N) is 3. The molecular weight excluding hydrogens is 444 g/mol. The Morgan fingerprint density at radius 2 is 1.91 bits per heavy atom. The second kappa shape index (κ2) is 8.43. The van der Waals surface area contributed by atoms with Crippen LogP contribution in [0.1, 0.15) is 56.2 Å². The highest BCUT2D eigenvalue weighted by atomic mass is 19.3. The molecule has 0 spiro atoms. The van der Waals surface area contributed by atoms with Crippen molar-refractivity contribution in [3.63, 3.8) is 0 Å². The number of aromatic nitrogens is 3. The van der Waals surface area contributed by atoms with Gasteiger partial charge in [-0.2, -0.15) is 0 Å². The molecule has 0 aromatic carbocycles. The Kier molecular flexibility index (Phi) is 5.89. The van der Waals surface area contributed by atoms with Gasteiger partial charge in [-0.15, -0.1) is 0 Å². The van der Waals surface area contributed by atoms with E-state index in [2.05, 4.69) is 20.3 Å². The van der Waals surface area contributed by atoms with Crippen molar-refractivity contribution in [3.8, 4) is 5.88 Å². The summed E-state index contributed by atoms with van der Waals surface area (Å²) in [6.07, 6.45) is -0.472. The smallest absolute Gasteiger partial charge is 0.340 e. The Bertz CT molecular complexity index is 1260. The maximum atomic E-state index is 13.0. The molecule has 3 aromatic heterocycles. The van der Waals surface area contributed by atoms with Crippen LogP contribution in [0.4, 0.5) is 20.4 Å². The highest BCUT2D eigenvalue weighted by molar-refractivity contribution is 5.93. The predicted molar refractivity (Wildman–Crippen MR) is 124 cm³/mol. The first kappa shape index (κ1) is 23.7. The van der Waals surface area contributed by atoms with Gasteiger partial charge in [0.25, 0.3) is 6.43 Å². The number of hydrogen-bond donors (Lipinski definition) is 2. The predicted octanol–water partition coefficient (Wildman–Crippen LogP) is 4.49. The number of cyclic esters (lactones) is 1. The van der Waals surface area contributed by atoms with Gasteiger partial charge in [-0.05, 0) is 63.8 Å². The van der Waals surface area contributed by atoms with E-state index >= 15 is 0 Å². The summed E-state index contributed by atoms with van der Waals surface area (Å²) in [6, 6.07) is 5.09. The summed E-state index contributed by atoms with van der Waals surface area (Å²) < 4.78 is 36.9. The molecule has 0 amide bonds. The van der Waals surface area contributed by atoms with Crippen LogP contribution in [0.3, 0.4) is 0 Å². The molecule has 0 aliphatic carbocycles. The molecule has 0 saturated heterocycles. The van der Waals surface area contributed by atoms with Crippen LogP contribution < -0.4 is 15.8 Å². The monoisotopic (exact) mass is 471 g/mol. The molecule has 4 heterocycles. The van der Waals surface area contributed by atoms with E-state index in [0.717, 1.165) is 0 Å². The zero-order valence-electron chi connectivity index (χ0n) is 19.6. The number of nitrogens with two attached hydrogens (primary N) is 1. The van der Waals surface area contributed by atoms with E-state index in [1.54, 1.807) is 18.2 Å². The molecule has 1 atom stereocenters. The van der Waals surface area contributed by atoms with Crippen LogP contribution >= 0.6 is 0 Å². The number of pyridine rings is 3. The lowest BCUT2D eigenvalue weighted by molar-refractivity contribution is -0.00714. The van der Waals surface area contributed by atoms with Crippen LogP contribution in [0, 0.1) is 0 Å². The van der Waals surface area contributed by atoms with E-state index in [0.29, 0.717) is 45.6 Å². The maximum absolute atomic E-state index is 13.0. The second-order valence-corrected chi connectivity index (χ2v) is 9.61. The molecule has 3 N–H and O–H groups in total. The first-order valence-corrected chi connectivity index (χ1v) is 10.9. The normalized spacial score (nSPS) is 16.2. The van der Waals surface area contributed by atoms with Gasteiger partial charge in [0.1, 0.15) is 17.2 Å². The third-order valence-corrected chi connectivity index (χ3v) is 5.49. The number of carbonyl (C=O) groups is 1. The van der Waals surface area contributed by atoms with Crippen LogP contribution in [0.5, 0.6) is 5.88 Å². The molecule has 0 unspecified atom stereocenters. The van der Waals surface area contributed by atoms with Gasteiger partial charge in [-0.3, -0.25) is 0 Å². The Balaban J connectivity index is 1.73. The molecular formula is C24H27F2N5O3. The first-order chi connectivity index (χ1) is 15.8. The molecule has 180 valence electrons. The molecule has 0 saturated carbocycles. The number of ether oxygens (including phenoxy) is 2. The number of halogens is 2. The fraction of sp³-hybridized carbons (Fsp3) is 0.417. The van der Waals surface area contributed by atoms with Gasteiger partial charge in [-0.1, -0.05) is 0 Å². The van der Waals surface area contributed by atoms with Gasteiger partial charge in [0.2, 0.25) is 5.88 Å². The van der Waals surface area contributed by atoms with E-state index in [1.807, 2.05) is 27.7 Å². The van der Waals surface area contributed by atoms with Gasteiger partial charge >= 0.3 is 5.97 Å². The third-order valence-electron chi connectivity index (χ3n) is 5.49. The van der Waals surface area contributed by atoms with E-state index in [4.69, 9.17) is 15.2 Å². The van der Waals surface area contributed by atoms with Crippen LogP contribution in [0.2, 0.25) is 0 Å². The summed E-state index contributed by atoms with van der Waals surface area (Å²) in [6.45, 7) is 8.59. The molecule has 1 aliphatic heterocycles. The van der Waals surface area contributed by atoms with Crippen molar-refractivity contribution in [1.82, 2.24) is 15.0 Å². The molecule has 8 nitrogen and oxygen atoms in total. The molecule has 4 rings (SSSR count). The lowest BCUT2D eigenvalue weighted by Crippen LogP contribution is -2.36. The Labute approximate surface area is 195 Å². The number of carbonyl (C=O) groups excluding carboxylic acids is 1. The fourth-order valence-corrected chi connectivity index (χ4v) is 3.78. The lowest BCUT2D eigenvalue weighted by Gasteiger charge is -2.30. The Morgan fingerprint density at radius 1 is 1.18 bits per heavy atom. The van der Waals surface area contributed by atoms with Crippen LogP contribution in [0.25, 0.3) is 10.8 Å². The van der Waals surface area contributed by atoms with Crippen molar-refractivity contribution in [2.45, 2.75) is 64.7 Å². The topological polar surface area (TPSA) is 112 Å². The molecule has 10 heteroatoms.